The lowest BCUT2D eigenvalue weighted by Crippen LogP contribution is -2.42. The van der Waals surface area contributed by atoms with Crippen LogP contribution in [0.4, 0.5) is 0 Å². The van der Waals surface area contributed by atoms with Crippen molar-refractivity contribution in [2.45, 2.75) is 52.0 Å². The van der Waals surface area contributed by atoms with Crippen LogP contribution in [0.5, 0.6) is 0 Å². The van der Waals surface area contributed by atoms with Crippen LogP contribution in [0.1, 0.15) is 62.0 Å². The van der Waals surface area contributed by atoms with Crippen molar-refractivity contribution in [3.05, 3.63) is 46.7 Å². The zero-order chi connectivity index (χ0) is 19.4. The smallest absolute Gasteiger partial charge is 0.254 e. The number of nitrogens with zero attached hydrogens (tertiary/aromatic N) is 3. The Morgan fingerprint density at radius 2 is 2.04 bits per heavy atom. The van der Waals surface area contributed by atoms with Crippen LogP contribution in [0.15, 0.2) is 30.5 Å². The second kappa shape index (κ2) is 8.89. The first-order valence-corrected chi connectivity index (χ1v) is 10.2. The van der Waals surface area contributed by atoms with Crippen LogP contribution < -0.4 is 5.32 Å². The van der Waals surface area contributed by atoms with E-state index in [1.54, 1.807) is 6.20 Å². The zero-order valence-electron chi connectivity index (χ0n) is 16.4. The van der Waals surface area contributed by atoms with Gasteiger partial charge in [0.15, 0.2) is 0 Å². The van der Waals surface area contributed by atoms with E-state index in [2.05, 4.69) is 36.1 Å². The summed E-state index contributed by atoms with van der Waals surface area (Å²) in [6.45, 7) is 9.12. The predicted molar refractivity (Wildman–Crippen MR) is 110 cm³/mol. The fourth-order valence-electron chi connectivity index (χ4n) is 3.77. The molecule has 0 radical (unpaired) electrons. The predicted octanol–water partition coefficient (Wildman–Crippen LogP) is 4.25. The Hall–Kier alpha value is -1.85. The van der Waals surface area contributed by atoms with Crippen molar-refractivity contribution in [1.29, 1.82) is 0 Å². The number of nitrogens with one attached hydrogen (secondary N) is 1. The molecule has 1 amide bonds. The normalized spacial score (nSPS) is 18.0. The van der Waals surface area contributed by atoms with Gasteiger partial charge in [-0.05, 0) is 56.5 Å². The summed E-state index contributed by atoms with van der Waals surface area (Å²) in [5.74, 6) is 0.120. The average molecular weight is 389 g/mol. The molecule has 1 aliphatic heterocycles. The second-order valence-electron chi connectivity index (χ2n) is 7.62. The Kier molecular flexibility index (Phi) is 6.55. The van der Waals surface area contributed by atoms with E-state index in [1.165, 1.54) is 19.3 Å². The van der Waals surface area contributed by atoms with Crippen molar-refractivity contribution >= 4 is 17.5 Å². The molecule has 1 saturated heterocycles. The van der Waals surface area contributed by atoms with Crippen LogP contribution in [-0.2, 0) is 0 Å². The molecule has 1 N–H and O–H groups in total. The highest BCUT2D eigenvalue weighted by molar-refractivity contribution is 6.30. The first-order chi connectivity index (χ1) is 13.0. The van der Waals surface area contributed by atoms with E-state index in [4.69, 9.17) is 11.6 Å². The molecular formula is C21H29ClN4O. The lowest BCUT2D eigenvalue weighted by atomic mass is 10.0. The molecule has 3 rings (SSSR count). The van der Waals surface area contributed by atoms with Gasteiger partial charge in [0.1, 0.15) is 0 Å². The molecule has 1 unspecified atom stereocenters. The van der Waals surface area contributed by atoms with Crippen LogP contribution in [0.2, 0.25) is 5.02 Å². The molecule has 1 aliphatic rings. The van der Waals surface area contributed by atoms with Gasteiger partial charge < -0.3 is 5.32 Å². The topological polar surface area (TPSA) is 50.2 Å². The molecule has 0 spiro atoms. The minimum absolute atomic E-state index is 0.0522. The Morgan fingerprint density at radius 1 is 1.30 bits per heavy atom. The molecule has 27 heavy (non-hydrogen) atoms. The number of hydrogen-bond donors (Lipinski definition) is 1. The van der Waals surface area contributed by atoms with Gasteiger partial charge >= 0.3 is 0 Å². The number of rotatable bonds is 6. The van der Waals surface area contributed by atoms with Gasteiger partial charge in [-0.3, -0.25) is 9.69 Å². The van der Waals surface area contributed by atoms with E-state index >= 15 is 0 Å². The van der Waals surface area contributed by atoms with E-state index in [1.807, 2.05) is 28.9 Å². The fourth-order valence-corrected chi connectivity index (χ4v) is 3.90. The van der Waals surface area contributed by atoms with Gasteiger partial charge in [0.2, 0.25) is 0 Å². The summed E-state index contributed by atoms with van der Waals surface area (Å²) in [5.41, 5.74) is 2.47. The number of aromatic nitrogens is 2. The number of amides is 1. The minimum atomic E-state index is -0.0522. The van der Waals surface area contributed by atoms with Crippen molar-refractivity contribution in [1.82, 2.24) is 20.0 Å². The van der Waals surface area contributed by atoms with Crippen LogP contribution in [-0.4, -0.2) is 46.3 Å². The summed E-state index contributed by atoms with van der Waals surface area (Å²) in [6, 6.07) is 8.11. The maximum Gasteiger partial charge on any atom is 0.254 e. The molecule has 6 heteroatoms. The molecule has 0 saturated carbocycles. The number of piperidine rings is 1. The summed E-state index contributed by atoms with van der Waals surface area (Å²) in [7, 11) is 0. The Morgan fingerprint density at radius 3 is 2.70 bits per heavy atom. The van der Waals surface area contributed by atoms with Gasteiger partial charge in [0.05, 0.1) is 23.1 Å². The maximum absolute atomic E-state index is 12.8. The average Bonchev–Trinajstić information content (AvgIpc) is 3.09. The fraction of sp³-hybridized carbons (Fsp3) is 0.524. The number of likely N-dealkylation sites (tertiary alicyclic amines) is 1. The number of halogens is 1. The van der Waals surface area contributed by atoms with E-state index in [9.17, 15) is 4.79 Å². The number of benzene rings is 1. The standard InChI is InChI=1S/C21H29ClN4O/c1-15(2)20-19(14-24-26(20)18-9-7-17(22)8-10-18)21(27)23-11-13-25-12-5-4-6-16(25)3/h7-10,14-16H,4-6,11-13H2,1-3H3,(H,23,27). The number of carbonyl (C=O) groups is 1. The van der Waals surface area contributed by atoms with Gasteiger partial charge in [-0.25, -0.2) is 4.68 Å². The second-order valence-corrected chi connectivity index (χ2v) is 8.06. The van der Waals surface area contributed by atoms with Crippen LogP contribution in [0, 0.1) is 0 Å². The van der Waals surface area contributed by atoms with E-state index in [0.29, 0.717) is 23.2 Å². The lowest BCUT2D eigenvalue weighted by molar-refractivity contribution is 0.0937. The Labute approximate surface area is 166 Å². The summed E-state index contributed by atoms with van der Waals surface area (Å²) in [4.78, 5) is 15.3. The third-order valence-electron chi connectivity index (χ3n) is 5.29. The highest BCUT2D eigenvalue weighted by Crippen LogP contribution is 2.24. The quantitative estimate of drug-likeness (QED) is 0.804. The molecule has 2 heterocycles. The third kappa shape index (κ3) is 4.71. The molecule has 2 aromatic rings. The molecular weight excluding hydrogens is 360 g/mol. The number of carbonyl (C=O) groups excluding carboxylic acids is 1. The molecule has 1 fully saturated rings. The van der Waals surface area contributed by atoms with Crippen molar-refractivity contribution in [3.8, 4) is 5.69 Å². The Balaban J connectivity index is 1.70. The van der Waals surface area contributed by atoms with Gasteiger partial charge in [0, 0.05) is 24.2 Å². The highest BCUT2D eigenvalue weighted by Gasteiger charge is 2.22. The van der Waals surface area contributed by atoms with Crippen molar-refractivity contribution in [3.63, 3.8) is 0 Å². The van der Waals surface area contributed by atoms with Crippen molar-refractivity contribution in [2.75, 3.05) is 19.6 Å². The first-order valence-electron chi connectivity index (χ1n) is 9.83. The highest BCUT2D eigenvalue weighted by atomic mass is 35.5. The van der Waals surface area contributed by atoms with Gasteiger partial charge in [-0.1, -0.05) is 31.9 Å². The Bertz CT molecular complexity index is 769. The lowest BCUT2D eigenvalue weighted by Gasteiger charge is -2.33. The summed E-state index contributed by atoms with van der Waals surface area (Å²) < 4.78 is 1.84. The molecule has 146 valence electrons. The van der Waals surface area contributed by atoms with Gasteiger partial charge in [-0.15, -0.1) is 0 Å². The van der Waals surface area contributed by atoms with E-state index in [-0.39, 0.29) is 11.8 Å². The zero-order valence-corrected chi connectivity index (χ0v) is 17.2. The van der Waals surface area contributed by atoms with E-state index < -0.39 is 0 Å². The third-order valence-corrected chi connectivity index (χ3v) is 5.55. The largest absolute Gasteiger partial charge is 0.351 e. The maximum atomic E-state index is 12.8. The molecule has 5 nitrogen and oxygen atoms in total. The summed E-state index contributed by atoms with van der Waals surface area (Å²) >= 11 is 5.99. The van der Waals surface area contributed by atoms with Crippen LogP contribution in [0.25, 0.3) is 5.69 Å². The van der Waals surface area contributed by atoms with Crippen molar-refractivity contribution in [2.24, 2.45) is 0 Å². The summed E-state index contributed by atoms with van der Waals surface area (Å²) in [6.07, 6.45) is 5.48. The van der Waals surface area contributed by atoms with Crippen molar-refractivity contribution < 1.29 is 4.79 Å². The van der Waals surface area contributed by atoms with E-state index in [0.717, 1.165) is 24.5 Å². The monoisotopic (exact) mass is 388 g/mol. The molecule has 1 aromatic heterocycles. The molecule has 0 bridgehead atoms. The molecule has 1 aromatic carbocycles. The van der Waals surface area contributed by atoms with Crippen LogP contribution >= 0.6 is 11.6 Å². The first kappa shape index (κ1) is 19.9. The van der Waals surface area contributed by atoms with Gasteiger partial charge in [0.25, 0.3) is 5.91 Å². The molecule has 1 atom stereocenters. The minimum Gasteiger partial charge on any atom is -0.351 e. The summed E-state index contributed by atoms with van der Waals surface area (Å²) in [5, 5.41) is 8.23. The number of hydrogen-bond acceptors (Lipinski definition) is 3. The van der Waals surface area contributed by atoms with Gasteiger partial charge in [-0.2, -0.15) is 5.10 Å². The van der Waals surface area contributed by atoms with Crippen LogP contribution in [0.3, 0.4) is 0 Å². The molecule has 0 aliphatic carbocycles. The SMILES string of the molecule is CC(C)c1c(C(=O)NCCN2CCCCC2C)cnn1-c1ccc(Cl)cc1.